The summed E-state index contributed by atoms with van der Waals surface area (Å²) in [4.78, 5) is 16.0. The first-order valence-electron chi connectivity index (χ1n) is 13.1. The van der Waals surface area contributed by atoms with Crippen LogP contribution in [0.15, 0.2) is 42.7 Å². The summed E-state index contributed by atoms with van der Waals surface area (Å²) in [5, 5.41) is 11.7. The first-order valence-corrected chi connectivity index (χ1v) is 13.5. The highest BCUT2D eigenvalue weighted by Gasteiger charge is 2.46. The second-order valence-corrected chi connectivity index (χ2v) is 10.6. The van der Waals surface area contributed by atoms with E-state index in [2.05, 4.69) is 44.5 Å². The van der Waals surface area contributed by atoms with E-state index in [9.17, 15) is 0 Å². The Hall–Kier alpha value is -3.47. The number of pyridine rings is 1. The van der Waals surface area contributed by atoms with E-state index in [0.717, 1.165) is 56.3 Å². The van der Waals surface area contributed by atoms with Gasteiger partial charge < -0.3 is 24.4 Å². The number of hydrogen-bond acceptors (Lipinski definition) is 9. The normalized spacial score (nSPS) is 19.5. The Morgan fingerprint density at radius 3 is 2.67 bits per heavy atom. The molecule has 2 fully saturated rings. The number of rotatable bonds is 7. The van der Waals surface area contributed by atoms with Crippen molar-refractivity contribution in [2.24, 2.45) is 5.41 Å². The van der Waals surface area contributed by atoms with E-state index in [4.69, 9.17) is 35.8 Å². The predicted molar refractivity (Wildman–Crippen MR) is 150 cm³/mol. The zero-order valence-electron chi connectivity index (χ0n) is 22.3. The van der Waals surface area contributed by atoms with Gasteiger partial charge in [0.15, 0.2) is 0 Å². The molecule has 0 radical (unpaired) electrons. The molecule has 0 unspecified atom stereocenters. The minimum atomic E-state index is 0.103. The van der Waals surface area contributed by atoms with E-state index >= 15 is 0 Å². The molecule has 2 aliphatic heterocycles. The summed E-state index contributed by atoms with van der Waals surface area (Å²) in [7, 11) is 3.23. The Balaban J connectivity index is 1.15. The molecule has 3 aromatic heterocycles. The average Bonchev–Trinajstić information content (AvgIpc) is 3.57. The van der Waals surface area contributed by atoms with Crippen molar-refractivity contribution in [2.75, 3.05) is 45.4 Å². The van der Waals surface area contributed by atoms with Crippen LogP contribution < -0.4 is 19.7 Å². The van der Waals surface area contributed by atoms with Crippen LogP contribution in [0, 0.1) is 5.41 Å². The molecule has 5 heterocycles. The molecule has 0 aliphatic carbocycles. The van der Waals surface area contributed by atoms with Gasteiger partial charge in [0, 0.05) is 42.3 Å². The Labute approximate surface area is 232 Å². The molecule has 39 heavy (non-hydrogen) atoms. The molecule has 2 saturated heterocycles. The summed E-state index contributed by atoms with van der Waals surface area (Å²) in [6, 6.07) is 10.6. The molecule has 204 valence electrons. The SMILES string of the molecule is COc1ccc([C@@H](C)N[C@@H]2COCC23CCN(c2cnc4c(-c5ccnc(OC)c5Cl)[nH]nc4n2)CC3)cc1. The fourth-order valence-corrected chi connectivity index (χ4v) is 6.02. The highest BCUT2D eigenvalue weighted by Crippen LogP contribution is 2.41. The second kappa shape index (κ2) is 10.6. The van der Waals surface area contributed by atoms with Crippen molar-refractivity contribution in [1.82, 2.24) is 30.5 Å². The lowest BCUT2D eigenvalue weighted by Crippen LogP contribution is -2.51. The van der Waals surface area contributed by atoms with Crippen molar-refractivity contribution in [3.8, 4) is 22.9 Å². The summed E-state index contributed by atoms with van der Waals surface area (Å²) in [6.07, 6.45) is 5.49. The van der Waals surface area contributed by atoms with Crippen molar-refractivity contribution < 1.29 is 14.2 Å². The number of nitrogens with one attached hydrogen (secondary N) is 2. The van der Waals surface area contributed by atoms with Gasteiger partial charge in [-0.05, 0) is 43.5 Å². The van der Waals surface area contributed by atoms with Gasteiger partial charge in [0.1, 0.15) is 22.1 Å². The van der Waals surface area contributed by atoms with Crippen LogP contribution in [-0.2, 0) is 4.74 Å². The van der Waals surface area contributed by atoms with E-state index in [0.29, 0.717) is 33.8 Å². The quantitative estimate of drug-likeness (QED) is 0.346. The van der Waals surface area contributed by atoms with Gasteiger partial charge in [-0.2, -0.15) is 5.10 Å². The van der Waals surface area contributed by atoms with E-state index in [1.54, 1.807) is 19.4 Å². The van der Waals surface area contributed by atoms with E-state index in [1.165, 1.54) is 12.7 Å². The zero-order chi connectivity index (χ0) is 27.0. The van der Waals surface area contributed by atoms with Gasteiger partial charge in [-0.15, -0.1) is 0 Å². The first kappa shape index (κ1) is 25.8. The molecule has 2 atom stereocenters. The number of ether oxygens (including phenoxy) is 3. The van der Waals surface area contributed by atoms with Crippen LogP contribution in [0.2, 0.25) is 5.02 Å². The molecule has 4 aromatic rings. The molecule has 1 spiro atoms. The number of aromatic amines is 1. The lowest BCUT2D eigenvalue weighted by Gasteiger charge is -2.43. The van der Waals surface area contributed by atoms with Crippen LogP contribution in [0.4, 0.5) is 5.82 Å². The van der Waals surface area contributed by atoms with Crippen molar-refractivity contribution in [1.29, 1.82) is 0 Å². The fraction of sp³-hybridized carbons (Fsp3) is 0.429. The Morgan fingerprint density at radius 1 is 1.13 bits per heavy atom. The van der Waals surface area contributed by atoms with Crippen molar-refractivity contribution >= 4 is 28.6 Å². The van der Waals surface area contributed by atoms with Gasteiger partial charge in [-0.25, -0.2) is 15.0 Å². The maximum atomic E-state index is 6.49. The van der Waals surface area contributed by atoms with Crippen LogP contribution >= 0.6 is 11.6 Å². The monoisotopic (exact) mass is 549 g/mol. The number of methoxy groups -OCH3 is 2. The summed E-state index contributed by atoms with van der Waals surface area (Å²) in [5.41, 5.74) is 3.96. The number of anilines is 1. The molecule has 0 saturated carbocycles. The number of aromatic nitrogens is 5. The summed E-state index contributed by atoms with van der Waals surface area (Å²) >= 11 is 6.49. The van der Waals surface area contributed by atoms with E-state index in [-0.39, 0.29) is 11.5 Å². The molecular formula is C28H32ClN7O3. The highest BCUT2D eigenvalue weighted by molar-refractivity contribution is 6.34. The van der Waals surface area contributed by atoms with Crippen LogP contribution in [0.1, 0.15) is 31.4 Å². The van der Waals surface area contributed by atoms with Crippen molar-refractivity contribution in [2.45, 2.75) is 31.8 Å². The molecule has 10 nitrogen and oxygen atoms in total. The third-order valence-corrected chi connectivity index (χ3v) is 8.50. The first-order chi connectivity index (χ1) is 19.0. The van der Waals surface area contributed by atoms with Gasteiger partial charge in [-0.3, -0.25) is 5.10 Å². The maximum Gasteiger partial charge on any atom is 0.232 e. The van der Waals surface area contributed by atoms with Gasteiger partial charge in [0.25, 0.3) is 0 Å². The molecule has 2 aliphatic rings. The third-order valence-electron chi connectivity index (χ3n) is 8.14. The summed E-state index contributed by atoms with van der Waals surface area (Å²) < 4.78 is 16.6. The Kier molecular flexibility index (Phi) is 7.01. The molecule has 11 heteroatoms. The number of fused-ring (bicyclic) bond motifs is 1. The third kappa shape index (κ3) is 4.77. The minimum absolute atomic E-state index is 0.103. The number of benzene rings is 1. The fourth-order valence-electron chi connectivity index (χ4n) is 5.73. The molecule has 0 bridgehead atoms. The molecule has 2 N–H and O–H groups in total. The van der Waals surface area contributed by atoms with Gasteiger partial charge >= 0.3 is 0 Å². The zero-order valence-corrected chi connectivity index (χ0v) is 23.0. The smallest absolute Gasteiger partial charge is 0.232 e. The standard InChI is InChI=1S/C28H32ClN7O3/c1-17(18-4-6-19(37-2)7-5-18)32-21-15-39-16-28(21)9-12-36(13-10-28)22-14-31-25-24(34-35-26(25)33-22)20-8-11-30-27(38-3)23(20)29/h4-8,11,14,17,21,32H,9-10,12-13,15-16H2,1-3H3,(H,33,34,35)/t17-,21-/m1/s1. The van der Waals surface area contributed by atoms with Crippen LogP contribution in [-0.4, -0.2) is 71.7 Å². The van der Waals surface area contributed by atoms with Gasteiger partial charge in [-0.1, -0.05) is 23.7 Å². The van der Waals surface area contributed by atoms with Gasteiger partial charge in [0.05, 0.1) is 39.3 Å². The number of piperidine rings is 1. The predicted octanol–water partition coefficient (Wildman–Crippen LogP) is 4.42. The second-order valence-electron chi connectivity index (χ2n) is 10.3. The Bertz CT molecular complexity index is 1450. The number of halogens is 1. The minimum Gasteiger partial charge on any atom is -0.497 e. The van der Waals surface area contributed by atoms with E-state index in [1.807, 2.05) is 18.3 Å². The summed E-state index contributed by atoms with van der Waals surface area (Å²) in [6.45, 7) is 5.47. The molecule has 0 amide bonds. The largest absolute Gasteiger partial charge is 0.497 e. The number of hydrogen-bond donors (Lipinski definition) is 2. The number of H-pyrrole nitrogens is 1. The van der Waals surface area contributed by atoms with Crippen LogP contribution in [0.25, 0.3) is 22.4 Å². The Morgan fingerprint density at radius 2 is 1.92 bits per heavy atom. The summed E-state index contributed by atoms with van der Waals surface area (Å²) in [5.74, 6) is 2.04. The molecule has 6 rings (SSSR count). The molecule has 1 aromatic carbocycles. The van der Waals surface area contributed by atoms with Crippen molar-refractivity contribution in [3.63, 3.8) is 0 Å². The number of nitrogens with zero attached hydrogens (tertiary/aromatic N) is 5. The van der Waals surface area contributed by atoms with Crippen molar-refractivity contribution in [3.05, 3.63) is 53.3 Å². The van der Waals surface area contributed by atoms with E-state index < -0.39 is 0 Å². The topological polar surface area (TPSA) is 110 Å². The highest BCUT2D eigenvalue weighted by atomic mass is 35.5. The van der Waals surface area contributed by atoms with Crippen LogP contribution in [0.5, 0.6) is 11.6 Å². The lowest BCUT2D eigenvalue weighted by molar-refractivity contribution is 0.128. The maximum absolute atomic E-state index is 6.49. The van der Waals surface area contributed by atoms with Crippen LogP contribution in [0.3, 0.4) is 0 Å². The average molecular weight is 550 g/mol. The van der Waals surface area contributed by atoms with Gasteiger partial charge in [0.2, 0.25) is 11.5 Å². The molecular weight excluding hydrogens is 518 g/mol. The lowest BCUT2D eigenvalue weighted by atomic mass is 9.74.